The Balaban J connectivity index is 2.52. The van der Waals surface area contributed by atoms with E-state index in [1.165, 1.54) is 17.1 Å². The summed E-state index contributed by atoms with van der Waals surface area (Å²) in [6, 6.07) is 0. The molecular weight excluding hydrogens is 174 g/mol. The molecule has 1 N–H and O–H groups in total. The van der Waals surface area contributed by atoms with Gasteiger partial charge in [0.2, 0.25) is 0 Å². The molecule has 3 heteroatoms. The molecule has 1 aromatic heterocycles. The number of aromatic nitrogens is 2. The first kappa shape index (κ1) is 9.56. The third-order valence-corrected chi connectivity index (χ3v) is 2.73. The molecule has 1 aliphatic heterocycles. The van der Waals surface area contributed by atoms with Gasteiger partial charge in [0.25, 0.3) is 0 Å². The van der Waals surface area contributed by atoms with Gasteiger partial charge in [-0.3, -0.25) is 0 Å². The van der Waals surface area contributed by atoms with Crippen molar-refractivity contribution in [3.05, 3.63) is 11.3 Å². The number of hydrogen-bond acceptors (Lipinski definition) is 2. The molecule has 0 fully saturated rings. The van der Waals surface area contributed by atoms with E-state index in [-0.39, 0.29) is 5.41 Å². The van der Waals surface area contributed by atoms with Crippen molar-refractivity contribution in [3.63, 3.8) is 0 Å². The highest BCUT2D eigenvalue weighted by Gasteiger charge is 2.28. The second kappa shape index (κ2) is 3.01. The first-order valence-corrected chi connectivity index (χ1v) is 5.38. The molecule has 14 heavy (non-hydrogen) atoms. The third-order valence-electron chi connectivity index (χ3n) is 2.73. The van der Waals surface area contributed by atoms with Gasteiger partial charge in [-0.2, -0.15) is 5.10 Å². The van der Waals surface area contributed by atoms with Crippen LogP contribution in [0.1, 0.15) is 39.0 Å². The topological polar surface area (TPSA) is 29.9 Å². The van der Waals surface area contributed by atoms with E-state index >= 15 is 0 Å². The minimum Gasteiger partial charge on any atom is -0.370 e. The molecule has 78 valence electrons. The summed E-state index contributed by atoms with van der Waals surface area (Å²) in [5.41, 5.74) is 2.86. The zero-order valence-electron chi connectivity index (χ0n) is 9.52. The molecule has 0 unspecified atom stereocenters. The predicted octanol–water partition coefficient (Wildman–Crippen LogP) is 2.17. The monoisotopic (exact) mass is 193 g/mol. The molecule has 0 aromatic carbocycles. The van der Waals surface area contributed by atoms with Crippen LogP contribution in [0.3, 0.4) is 0 Å². The number of aryl methyl sites for hydroxylation is 1. The molecule has 3 nitrogen and oxygen atoms in total. The molecule has 0 bridgehead atoms. The van der Waals surface area contributed by atoms with E-state index in [0.717, 1.165) is 19.5 Å². The Morgan fingerprint density at radius 1 is 1.43 bits per heavy atom. The van der Waals surface area contributed by atoms with Gasteiger partial charge in [-0.25, -0.2) is 4.68 Å². The number of anilines is 1. The molecule has 1 aliphatic rings. The maximum atomic E-state index is 4.68. The van der Waals surface area contributed by atoms with Crippen molar-refractivity contribution in [2.24, 2.45) is 0 Å². The normalized spacial score (nSPS) is 15.4. The SMILES string of the molecule is CCn1nc(C(C)(C)C)c2c1NCC2. The number of fused-ring (bicyclic) bond motifs is 1. The lowest BCUT2D eigenvalue weighted by molar-refractivity contribution is 0.536. The molecule has 0 atom stereocenters. The van der Waals surface area contributed by atoms with Crippen LogP contribution >= 0.6 is 0 Å². The average Bonchev–Trinajstić information content (AvgIpc) is 2.59. The summed E-state index contributed by atoms with van der Waals surface area (Å²) in [5, 5.41) is 8.09. The van der Waals surface area contributed by atoms with Gasteiger partial charge in [0, 0.05) is 24.1 Å². The molecular formula is C11H19N3. The first-order valence-electron chi connectivity index (χ1n) is 5.38. The van der Waals surface area contributed by atoms with Crippen LogP contribution in [-0.4, -0.2) is 16.3 Å². The number of nitrogens with one attached hydrogen (secondary N) is 1. The van der Waals surface area contributed by atoms with E-state index in [4.69, 9.17) is 0 Å². The quantitative estimate of drug-likeness (QED) is 0.740. The van der Waals surface area contributed by atoms with Crippen LogP contribution in [0.4, 0.5) is 5.82 Å². The van der Waals surface area contributed by atoms with Crippen molar-refractivity contribution >= 4 is 5.82 Å². The van der Waals surface area contributed by atoms with E-state index in [0.29, 0.717) is 0 Å². The largest absolute Gasteiger partial charge is 0.370 e. The Morgan fingerprint density at radius 3 is 2.71 bits per heavy atom. The van der Waals surface area contributed by atoms with Gasteiger partial charge < -0.3 is 5.32 Å². The van der Waals surface area contributed by atoms with Crippen molar-refractivity contribution in [2.45, 2.75) is 46.1 Å². The Labute approximate surface area is 85.5 Å². The summed E-state index contributed by atoms with van der Waals surface area (Å²) in [6.45, 7) is 10.8. The standard InChI is InChI=1S/C11H19N3/c1-5-14-10-8(6-7-12-10)9(13-14)11(2,3)4/h12H,5-7H2,1-4H3. The second-order valence-electron chi connectivity index (χ2n) is 4.92. The zero-order chi connectivity index (χ0) is 10.3. The molecule has 0 amide bonds. The van der Waals surface area contributed by atoms with Crippen LogP contribution in [0.2, 0.25) is 0 Å². The zero-order valence-corrected chi connectivity index (χ0v) is 9.52. The highest BCUT2D eigenvalue weighted by molar-refractivity contribution is 5.54. The maximum absolute atomic E-state index is 4.68. The van der Waals surface area contributed by atoms with Crippen LogP contribution in [-0.2, 0) is 18.4 Å². The highest BCUT2D eigenvalue weighted by Crippen LogP contribution is 2.33. The lowest BCUT2D eigenvalue weighted by Gasteiger charge is -2.16. The average molecular weight is 193 g/mol. The summed E-state index contributed by atoms with van der Waals surface area (Å²) >= 11 is 0. The molecule has 0 radical (unpaired) electrons. The van der Waals surface area contributed by atoms with E-state index < -0.39 is 0 Å². The summed E-state index contributed by atoms with van der Waals surface area (Å²) in [4.78, 5) is 0. The summed E-state index contributed by atoms with van der Waals surface area (Å²) in [5.74, 6) is 1.25. The van der Waals surface area contributed by atoms with Crippen LogP contribution in [0.5, 0.6) is 0 Å². The Morgan fingerprint density at radius 2 is 2.14 bits per heavy atom. The van der Waals surface area contributed by atoms with E-state index in [1.54, 1.807) is 0 Å². The van der Waals surface area contributed by atoms with Crippen molar-refractivity contribution in [2.75, 3.05) is 11.9 Å². The summed E-state index contributed by atoms with van der Waals surface area (Å²) in [6.07, 6.45) is 1.13. The van der Waals surface area contributed by atoms with E-state index in [9.17, 15) is 0 Å². The van der Waals surface area contributed by atoms with Gasteiger partial charge in [0.1, 0.15) is 5.82 Å². The van der Waals surface area contributed by atoms with E-state index in [1.807, 2.05) is 0 Å². The molecule has 2 heterocycles. The van der Waals surface area contributed by atoms with Gasteiger partial charge in [-0.05, 0) is 13.3 Å². The molecule has 0 aliphatic carbocycles. The molecule has 1 aromatic rings. The number of rotatable bonds is 1. The van der Waals surface area contributed by atoms with Crippen molar-refractivity contribution in [1.29, 1.82) is 0 Å². The molecule has 0 saturated carbocycles. The third kappa shape index (κ3) is 1.31. The lowest BCUT2D eigenvalue weighted by atomic mass is 9.89. The van der Waals surface area contributed by atoms with E-state index in [2.05, 4.69) is 42.8 Å². The van der Waals surface area contributed by atoms with Crippen LogP contribution in [0, 0.1) is 0 Å². The fourth-order valence-corrected chi connectivity index (χ4v) is 2.07. The fourth-order valence-electron chi connectivity index (χ4n) is 2.07. The second-order valence-corrected chi connectivity index (χ2v) is 4.92. The molecule has 0 spiro atoms. The predicted molar refractivity (Wildman–Crippen MR) is 58.8 cm³/mol. The summed E-state index contributed by atoms with van der Waals surface area (Å²) < 4.78 is 2.09. The first-order chi connectivity index (χ1) is 6.54. The van der Waals surface area contributed by atoms with Gasteiger partial charge in [0.15, 0.2) is 0 Å². The van der Waals surface area contributed by atoms with Crippen LogP contribution in [0.25, 0.3) is 0 Å². The van der Waals surface area contributed by atoms with Gasteiger partial charge in [0.05, 0.1) is 5.69 Å². The smallest absolute Gasteiger partial charge is 0.127 e. The number of hydrogen-bond donors (Lipinski definition) is 1. The highest BCUT2D eigenvalue weighted by atomic mass is 15.3. The fraction of sp³-hybridized carbons (Fsp3) is 0.727. The maximum Gasteiger partial charge on any atom is 0.127 e. The minimum atomic E-state index is 0.163. The lowest BCUT2D eigenvalue weighted by Crippen LogP contribution is -2.15. The Bertz CT molecular complexity index is 344. The van der Waals surface area contributed by atoms with Crippen molar-refractivity contribution in [1.82, 2.24) is 9.78 Å². The Kier molecular flexibility index (Phi) is 2.05. The summed E-state index contributed by atoms with van der Waals surface area (Å²) in [7, 11) is 0. The van der Waals surface area contributed by atoms with Crippen LogP contribution < -0.4 is 5.32 Å². The van der Waals surface area contributed by atoms with Gasteiger partial charge in [-0.1, -0.05) is 20.8 Å². The van der Waals surface area contributed by atoms with Crippen molar-refractivity contribution < 1.29 is 0 Å². The Hall–Kier alpha value is -0.990. The van der Waals surface area contributed by atoms with Crippen LogP contribution in [0.15, 0.2) is 0 Å². The van der Waals surface area contributed by atoms with Crippen molar-refractivity contribution in [3.8, 4) is 0 Å². The number of nitrogens with zero attached hydrogens (tertiary/aromatic N) is 2. The minimum absolute atomic E-state index is 0.163. The molecule has 0 saturated heterocycles. The van der Waals surface area contributed by atoms with Gasteiger partial charge >= 0.3 is 0 Å². The van der Waals surface area contributed by atoms with Gasteiger partial charge in [-0.15, -0.1) is 0 Å². The molecule has 2 rings (SSSR count).